The van der Waals surface area contributed by atoms with Crippen molar-refractivity contribution in [2.45, 2.75) is 39.0 Å². The molecule has 0 amide bonds. The van der Waals surface area contributed by atoms with Crippen molar-refractivity contribution in [3.63, 3.8) is 0 Å². The first-order valence-corrected chi connectivity index (χ1v) is 8.62. The predicted molar refractivity (Wildman–Crippen MR) is 81.9 cm³/mol. The molecule has 0 bridgehead atoms. The Kier molecular flexibility index (Phi) is 7.12. The van der Waals surface area contributed by atoms with Crippen molar-refractivity contribution >= 4 is 10.0 Å². The van der Waals surface area contributed by atoms with Gasteiger partial charge in [0.2, 0.25) is 10.0 Å². The van der Waals surface area contributed by atoms with E-state index < -0.39 is 15.3 Å². The van der Waals surface area contributed by atoms with Crippen LogP contribution in [0.2, 0.25) is 0 Å². The van der Waals surface area contributed by atoms with Crippen LogP contribution in [0.5, 0.6) is 0 Å². The number of aromatic nitrogens is 1. The van der Waals surface area contributed by atoms with Gasteiger partial charge in [0.05, 0.1) is 17.5 Å². The van der Waals surface area contributed by atoms with Gasteiger partial charge in [-0.15, -0.1) is 0 Å². The van der Waals surface area contributed by atoms with Gasteiger partial charge < -0.3 is 5.32 Å². The molecule has 1 heterocycles. The molecule has 6 heteroatoms. The second kappa shape index (κ2) is 8.34. The van der Waals surface area contributed by atoms with Crippen LogP contribution in [0.3, 0.4) is 0 Å². The van der Waals surface area contributed by atoms with E-state index in [1.54, 1.807) is 13.1 Å². The van der Waals surface area contributed by atoms with Gasteiger partial charge in [-0.1, -0.05) is 19.9 Å². The highest BCUT2D eigenvalue weighted by molar-refractivity contribution is 7.89. The molecule has 1 N–H and O–H groups in total. The van der Waals surface area contributed by atoms with Crippen LogP contribution in [0.25, 0.3) is 0 Å². The lowest BCUT2D eigenvalue weighted by molar-refractivity contribution is 0.410. The van der Waals surface area contributed by atoms with Gasteiger partial charge in [-0.05, 0) is 32.0 Å². The van der Waals surface area contributed by atoms with E-state index in [0.717, 1.165) is 18.7 Å². The highest BCUT2D eigenvalue weighted by atomic mass is 32.2. The SMILES string of the molecule is CCCNCC(C)S(=O)(=O)N(CC)Cc1ccccn1. The molecule has 1 aromatic rings. The van der Waals surface area contributed by atoms with Gasteiger partial charge in [0.15, 0.2) is 0 Å². The molecule has 0 aliphatic rings. The zero-order chi connectivity index (χ0) is 15.0. The fourth-order valence-electron chi connectivity index (χ4n) is 1.90. The van der Waals surface area contributed by atoms with Crippen molar-refractivity contribution < 1.29 is 8.42 Å². The van der Waals surface area contributed by atoms with Crippen LogP contribution in [0.4, 0.5) is 0 Å². The molecule has 114 valence electrons. The lowest BCUT2D eigenvalue weighted by Crippen LogP contribution is -2.41. The van der Waals surface area contributed by atoms with E-state index in [-0.39, 0.29) is 0 Å². The number of rotatable bonds is 9. The molecule has 0 saturated carbocycles. The minimum absolute atomic E-state index is 0.331. The third-order valence-electron chi connectivity index (χ3n) is 3.14. The third kappa shape index (κ3) is 4.85. The second-order valence-corrected chi connectivity index (χ2v) is 7.16. The summed E-state index contributed by atoms with van der Waals surface area (Å²) in [5.41, 5.74) is 0.770. The fourth-order valence-corrected chi connectivity index (χ4v) is 3.41. The van der Waals surface area contributed by atoms with Crippen LogP contribution < -0.4 is 5.32 Å². The maximum Gasteiger partial charge on any atom is 0.218 e. The van der Waals surface area contributed by atoms with E-state index in [2.05, 4.69) is 17.2 Å². The van der Waals surface area contributed by atoms with E-state index in [0.29, 0.717) is 19.6 Å². The molecule has 1 rings (SSSR count). The Morgan fingerprint density at radius 1 is 1.35 bits per heavy atom. The first kappa shape index (κ1) is 17.1. The monoisotopic (exact) mass is 299 g/mol. The van der Waals surface area contributed by atoms with Crippen molar-refractivity contribution in [1.82, 2.24) is 14.6 Å². The zero-order valence-electron chi connectivity index (χ0n) is 12.5. The van der Waals surface area contributed by atoms with Gasteiger partial charge in [-0.2, -0.15) is 4.31 Å². The van der Waals surface area contributed by atoms with Crippen molar-refractivity contribution in [3.8, 4) is 0 Å². The first-order valence-electron chi connectivity index (χ1n) is 7.12. The number of sulfonamides is 1. The summed E-state index contributed by atoms with van der Waals surface area (Å²) in [4.78, 5) is 4.19. The number of nitrogens with one attached hydrogen (secondary N) is 1. The Hall–Kier alpha value is -0.980. The van der Waals surface area contributed by atoms with Crippen LogP contribution in [0.1, 0.15) is 32.9 Å². The van der Waals surface area contributed by atoms with Crippen LogP contribution in [0.15, 0.2) is 24.4 Å². The number of hydrogen-bond acceptors (Lipinski definition) is 4. The third-order valence-corrected chi connectivity index (χ3v) is 5.43. The van der Waals surface area contributed by atoms with Crippen LogP contribution >= 0.6 is 0 Å². The molecular weight excluding hydrogens is 274 g/mol. The average molecular weight is 299 g/mol. The van der Waals surface area contributed by atoms with E-state index in [4.69, 9.17) is 0 Å². The molecule has 5 nitrogen and oxygen atoms in total. The molecule has 0 spiro atoms. The minimum Gasteiger partial charge on any atom is -0.315 e. The molecule has 0 radical (unpaired) electrons. The predicted octanol–water partition coefficient (Wildman–Crippen LogP) is 1.62. The van der Waals surface area contributed by atoms with Gasteiger partial charge in [0, 0.05) is 19.3 Å². The van der Waals surface area contributed by atoms with Crippen LogP contribution in [-0.2, 0) is 16.6 Å². The summed E-state index contributed by atoms with van der Waals surface area (Å²) in [6.07, 6.45) is 2.68. The molecule has 0 fully saturated rings. The topological polar surface area (TPSA) is 62.3 Å². The Morgan fingerprint density at radius 3 is 2.65 bits per heavy atom. The summed E-state index contributed by atoms with van der Waals surface area (Å²) >= 11 is 0. The number of nitrogens with zero attached hydrogens (tertiary/aromatic N) is 2. The standard InChI is InChI=1S/C14H25N3O2S/c1-4-9-15-11-13(3)20(18,19)17(5-2)12-14-8-6-7-10-16-14/h6-8,10,13,15H,4-5,9,11-12H2,1-3H3. The maximum atomic E-state index is 12.5. The summed E-state index contributed by atoms with van der Waals surface area (Å²) in [5, 5.41) is 2.73. The second-order valence-electron chi connectivity index (χ2n) is 4.81. The molecule has 0 saturated heterocycles. The van der Waals surface area contributed by atoms with Gasteiger partial charge in [0.25, 0.3) is 0 Å². The Labute approximate surface area is 122 Å². The summed E-state index contributed by atoms with van der Waals surface area (Å²) in [7, 11) is -3.30. The normalized spacial score (nSPS) is 13.6. The van der Waals surface area contributed by atoms with E-state index in [9.17, 15) is 8.42 Å². The Bertz CT molecular complexity index is 476. The van der Waals surface area contributed by atoms with E-state index in [1.807, 2.05) is 25.1 Å². The first-order chi connectivity index (χ1) is 9.52. The van der Waals surface area contributed by atoms with Crippen LogP contribution in [-0.4, -0.2) is 42.6 Å². The summed E-state index contributed by atoms with van der Waals surface area (Å²) < 4.78 is 26.5. The minimum atomic E-state index is -3.30. The largest absolute Gasteiger partial charge is 0.315 e. The highest BCUT2D eigenvalue weighted by Gasteiger charge is 2.27. The van der Waals surface area contributed by atoms with Gasteiger partial charge in [-0.25, -0.2) is 8.42 Å². The molecule has 0 aliphatic heterocycles. The molecule has 20 heavy (non-hydrogen) atoms. The molecule has 0 aromatic carbocycles. The van der Waals surface area contributed by atoms with Crippen molar-refractivity contribution in [1.29, 1.82) is 0 Å². The van der Waals surface area contributed by atoms with Gasteiger partial charge in [0.1, 0.15) is 0 Å². The molecule has 0 aliphatic carbocycles. The lowest BCUT2D eigenvalue weighted by atomic mass is 10.3. The highest BCUT2D eigenvalue weighted by Crippen LogP contribution is 2.12. The van der Waals surface area contributed by atoms with E-state index >= 15 is 0 Å². The summed E-state index contributed by atoms with van der Waals surface area (Å²) in [6.45, 7) is 7.77. The maximum absolute atomic E-state index is 12.5. The molecule has 1 atom stereocenters. The lowest BCUT2D eigenvalue weighted by Gasteiger charge is -2.24. The van der Waals surface area contributed by atoms with Crippen molar-refractivity contribution in [3.05, 3.63) is 30.1 Å². The molecule has 1 aromatic heterocycles. The Morgan fingerprint density at radius 2 is 2.10 bits per heavy atom. The van der Waals surface area contributed by atoms with Gasteiger partial charge in [-0.3, -0.25) is 4.98 Å². The average Bonchev–Trinajstić information content (AvgIpc) is 2.45. The Balaban J connectivity index is 2.71. The zero-order valence-corrected chi connectivity index (χ0v) is 13.4. The smallest absolute Gasteiger partial charge is 0.218 e. The van der Waals surface area contributed by atoms with Crippen molar-refractivity contribution in [2.24, 2.45) is 0 Å². The van der Waals surface area contributed by atoms with E-state index in [1.165, 1.54) is 4.31 Å². The summed E-state index contributed by atoms with van der Waals surface area (Å²) in [6, 6.07) is 5.54. The van der Waals surface area contributed by atoms with Gasteiger partial charge >= 0.3 is 0 Å². The quantitative estimate of drug-likeness (QED) is 0.704. The van der Waals surface area contributed by atoms with Crippen LogP contribution in [0, 0.1) is 0 Å². The fraction of sp³-hybridized carbons (Fsp3) is 0.643. The van der Waals surface area contributed by atoms with Crippen molar-refractivity contribution in [2.75, 3.05) is 19.6 Å². The summed E-state index contributed by atoms with van der Waals surface area (Å²) in [5.74, 6) is 0. The molecular formula is C14H25N3O2S. The number of pyridine rings is 1. The number of hydrogen-bond donors (Lipinski definition) is 1. The molecule has 1 unspecified atom stereocenters.